The smallest absolute Gasteiger partial charge is 0.352 e. The van der Waals surface area contributed by atoms with E-state index in [2.05, 4.69) is 10.2 Å². The van der Waals surface area contributed by atoms with E-state index >= 15 is 0 Å². The van der Waals surface area contributed by atoms with E-state index in [0.29, 0.717) is 23.6 Å². The van der Waals surface area contributed by atoms with Crippen LogP contribution >= 0.6 is 7.60 Å². The summed E-state index contributed by atoms with van der Waals surface area (Å²) in [5.41, 5.74) is 2.46. The monoisotopic (exact) mass is 520 g/mol. The van der Waals surface area contributed by atoms with E-state index in [1.54, 1.807) is 27.4 Å². The van der Waals surface area contributed by atoms with Gasteiger partial charge >= 0.3 is 7.60 Å². The third-order valence-corrected chi connectivity index (χ3v) is 7.81. The second-order valence-electron chi connectivity index (χ2n) is 8.33. The van der Waals surface area contributed by atoms with Crippen LogP contribution in [0.1, 0.15) is 42.7 Å². The fourth-order valence-corrected chi connectivity index (χ4v) is 5.83. The third-order valence-electron chi connectivity index (χ3n) is 5.50. The fourth-order valence-electron chi connectivity index (χ4n) is 3.79. The molecule has 0 saturated heterocycles. The minimum atomic E-state index is -3.61. The van der Waals surface area contributed by atoms with E-state index < -0.39 is 13.4 Å². The highest BCUT2D eigenvalue weighted by Gasteiger charge is 2.39. The Hall–Kier alpha value is -2.35. The first-order valence-electron chi connectivity index (χ1n) is 12.2. The minimum absolute atomic E-state index is 0.253. The predicted octanol–water partition coefficient (Wildman–Crippen LogP) is 5.69. The van der Waals surface area contributed by atoms with Gasteiger partial charge in [-0.15, -0.1) is 0 Å². The molecule has 0 aromatic heterocycles. The van der Waals surface area contributed by atoms with E-state index in [1.807, 2.05) is 70.4 Å². The first kappa shape index (κ1) is 29.9. The molecule has 8 nitrogen and oxygen atoms in total. The molecule has 0 radical (unpaired) electrons. The van der Waals surface area contributed by atoms with Gasteiger partial charge in [-0.1, -0.05) is 24.3 Å². The highest BCUT2D eigenvalue weighted by atomic mass is 31.2. The third kappa shape index (κ3) is 8.36. The molecule has 0 amide bonds. The summed E-state index contributed by atoms with van der Waals surface area (Å²) in [4.78, 5) is 2.11. The summed E-state index contributed by atoms with van der Waals surface area (Å²) in [6.07, 6.45) is 4.79. The Labute approximate surface area is 216 Å². The highest BCUT2D eigenvalue weighted by Crippen LogP contribution is 2.61. The molecule has 0 saturated carbocycles. The van der Waals surface area contributed by atoms with Gasteiger partial charge in [-0.05, 0) is 76.8 Å². The normalized spacial score (nSPS) is 12.8. The van der Waals surface area contributed by atoms with Gasteiger partial charge in [-0.3, -0.25) is 9.88 Å². The van der Waals surface area contributed by atoms with Crippen LogP contribution < -0.4 is 19.5 Å². The van der Waals surface area contributed by atoms with E-state index in [9.17, 15) is 4.57 Å². The summed E-state index contributed by atoms with van der Waals surface area (Å²) >= 11 is 0. The van der Waals surface area contributed by atoms with Gasteiger partial charge in [0, 0.05) is 11.6 Å². The molecule has 9 heteroatoms. The summed E-state index contributed by atoms with van der Waals surface area (Å²) in [6.45, 7) is 5.63. The molecule has 0 bridgehead atoms. The van der Waals surface area contributed by atoms with Gasteiger partial charge in [-0.25, -0.2) is 0 Å². The maximum absolute atomic E-state index is 14.1. The number of hydrogen-bond acceptors (Lipinski definition) is 8. The van der Waals surface area contributed by atoms with Crippen LogP contribution in [0.25, 0.3) is 12.2 Å². The standard InChI is InChI=1S/C27H41N2O6P/c1-8-34-36(30,35-9-2)27(28-17-10-18-29(3)4)26-22(19-24(32-6)20-25(26)33-7)14-11-21-12-15-23(31-5)16-13-21/h11-16,19-20,27-28H,8-10,17-18H2,1-7H3/b14-11+. The van der Waals surface area contributed by atoms with Gasteiger partial charge < -0.3 is 28.2 Å². The molecule has 0 spiro atoms. The molecule has 36 heavy (non-hydrogen) atoms. The van der Waals surface area contributed by atoms with Crippen LogP contribution in [-0.2, 0) is 13.6 Å². The van der Waals surface area contributed by atoms with Crippen molar-refractivity contribution >= 4 is 19.7 Å². The van der Waals surface area contributed by atoms with E-state index in [1.165, 1.54) is 0 Å². The van der Waals surface area contributed by atoms with Gasteiger partial charge in [0.2, 0.25) is 0 Å². The summed E-state index contributed by atoms with van der Waals surface area (Å²) in [5, 5.41) is 3.46. The van der Waals surface area contributed by atoms with Crippen molar-refractivity contribution in [2.75, 3.05) is 61.7 Å². The van der Waals surface area contributed by atoms with Crippen LogP contribution in [-0.4, -0.2) is 66.6 Å². The molecule has 0 heterocycles. The Kier molecular flexibility index (Phi) is 12.5. The summed E-state index contributed by atoms with van der Waals surface area (Å²) in [5.74, 6) is 1.20. The van der Waals surface area contributed by atoms with Crippen molar-refractivity contribution in [1.29, 1.82) is 0 Å². The van der Waals surface area contributed by atoms with Crippen LogP contribution in [0.4, 0.5) is 0 Å². The van der Waals surface area contributed by atoms with E-state index in [0.717, 1.165) is 29.8 Å². The molecular formula is C27H41N2O6P. The Balaban J connectivity index is 2.62. The number of nitrogens with zero attached hydrogens (tertiary/aromatic N) is 1. The maximum atomic E-state index is 14.1. The van der Waals surface area contributed by atoms with E-state index in [4.69, 9.17) is 23.3 Å². The van der Waals surface area contributed by atoms with Crippen molar-refractivity contribution in [3.05, 3.63) is 53.1 Å². The molecule has 0 fully saturated rings. The van der Waals surface area contributed by atoms with Gasteiger partial charge in [0.15, 0.2) is 0 Å². The first-order valence-corrected chi connectivity index (χ1v) is 13.8. The Morgan fingerprint density at radius 1 is 0.917 bits per heavy atom. The van der Waals surface area contributed by atoms with Crippen molar-refractivity contribution in [3.8, 4) is 17.2 Å². The lowest BCUT2D eigenvalue weighted by atomic mass is 10.0. The lowest BCUT2D eigenvalue weighted by Gasteiger charge is -2.30. The van der Waals surface area contributed by atoms with Crippen molar-refractivity contribution in [1.82, 2.24) is 10.2 Å². The van der Waals surface area contributed by atoms with Crippen LogP contribution in [0.15, 0.2) is 36.4 Å². The molecule has 2 aromatic rings. The topological polar surface area (TPSA) is 78.5 Å². The molecule has 2 rings (SSSR count). The van der Waals surface area contributed by atoms with Crippen molar-refractivity contribution in [2.24, 2.45) is 0 Å². The van der Waals surface area contributed by atoms with E-state index in [-0.39, 0.29) is 13.2 Å². The summed E-state index contributed by atoms with van der Waals surface area (Å²) < 4.78 is 42.3. The molecule has 0 aliphatic heterocycles. The lowest BCUT2D eigenvalue weighted by Crippen LogP contribution is -2.28. The zero-order chi connectivity index (χ0) is 26.6. The highest BCUT2D eigenvalue weighted by molar-refractivity contribution is 7.54. The van der Waals surface area contributed by atoms with Crippen molar-refractivity contribution in [2.45, 2.75) is 26.1 Å². The molecule has 200 valence electrons. The molecule has 0 aliphatic rings. The van der Waals surface area contributed by atoms with Crippen LogP contribution in [0.2, 0.25) is 0 Å². The molecule has 2 aromatic carbocycles. The zero-order valence-corrected chi connectivity index (χ0v) is 23.5. The molecule has 1 unspecified atom stereocenters. The largest absolute Gasteiger partial charge is 0.497 e. The Morgan fingerprint density at radius 2 is 1.56 bits per heavy atom. The SMILES string of the molecule is CCOP(=O)(OCC)C(NCCCN(C)C)c1c(/C=C/c2ccc(OC)cc2)cc(OC)cc1OC. The fraction of sp³-hybridized carbons (Fsp3) is 0.481. The van der Waals surface area contributed by atoms with Gasteiger partial charge in [0.1, 0.15) is 23.0 Å². The zero-order valence-electron chi connectivity index (χ0n) is 22.6. The number of rotatable bonds is 16. The Morgan fingerprint density at radius 3 is 2.08 bits per heavy atom. The lowest BCUT2D eigenvalue weighted by molar-refractivity contribution is 0.206. The van der Waals surface area contributed by atoms with Crippen LogP contribution in [0, 0.1) is 0 Å². The quantitative estimate of drug-likeness (QED) is 0.172. The first-order chi connectivity index (χ1) is 17.3. The average Bonchev–Trinajstić information content (AvgIpc) is 2.87. The number of methoxy groups -OCH3 is 3. The Bertz CT molecular complexity index is 1000. The summed E-state index contributed by atoms with van der Waals surface area (Å²) in [7, 11) is 5.27. The average molecular weight is 521 g/mol. The maximum Gasteiger partial charge on any atom is 0.352 e. The predicted molar refractivity (Wildman–Crippen MR) is 146 cm³/mol. The second-order valence-corrected chi connectivity index (χ2v) is 10.4. The van der Waals surface area contributed by atoms with Crippen LogP contribution in [0.3, 0.4) is 0 Å². The number of hydrogen-bond donors (Lipinski definition) is 1. The summed E-state index contributed by atoms with van der Waals surface area (Å²) in [6, 6.07) is 11.4. The molecule has 1 N–H and O–H groups in total. The second kappa shape index (κ2) is 15.0. The van der Waals surface area contributed by atoms with Gasteiger partial charge in [-0.2, -0.15) is 0 Å². The number of ether oxygens (including phenoxy) is 3. The number of benzene rings is 2. The minimum Gasteiger partial charge on any atom is -0.497 e. The van der Waals surface area contributed by atoms with Gasteiger partial charge in [0.25, 0.3) is 0 Å². The molecule has 0 aliphatic carbocycles. The van der Waals surface area contributed by atoms with Crippen molar-refractivity contribution in [3.63, 3.8) is 0 Å². The van der Waals surface area contributed by atoms with Gasteiger partial charge in [0.05, 0.1) is 34.5 Å². The molecule has 1 atom stereocenters. The van der Waals surface area contributed by atoms with Crippen LogP contribution in [0.5, 0.6) is 17.2 Å². The molecular weight excluding hydrogens is 479 g/mol. The number of nitrogens with one attached hydrogen (secondary N) is 1. The van der Waals surface area contributed by atoms with Crippen molar-refractivity contribution < 1.29 is 27.8 Å².